The summed E-state index contributed by atoms with van der Waals surface area (Å²) in [6, 6.07) is 10.5. The van der Waals surface area contributed by atoms with Gasteiger partial charge in [-0.15, -0.1) is 11.3 Å². The first-order valence-corrected chi connectivity index (χ1v) is 8.69. The third kappa shape index (κ3) is 5.03. The van der Waals surface area contributed by atoms with Gasteiger partial charge in [-0.05, 0) is 48.5 Å². The standard InChI is InChI=1S/C17H23ClN2S/c1-3-9-19-13-14-6-7-15(18)12-17(14)20(2)10-8-16-5-4-11-21-16/h4-7,11-12,19H,3,8-10,13H2,1-2H3. The second-order valence-corrected chi connectivity index (χ2v) is 6.67. The van der Waals surface area contributed by atoms with Crippen LogP contribution in [0, 0.1) is 0 Å². The lowest BCUT2D eigenvalue weighted by atomic mass is 10.1. The zero-order chi connectivity index (χ0) is 15.1. The summed E-state index contributed by atoms with van der Waals surface area (Å²) >= 11 is 8.00. The van der Waals surface area contributed by atoms with Crippen LogP contribution >= 0.6 is 22.9 Å². The van der Waals surface area contributed by atoms with Crippen LogP contribution in [0.25, 0.3) is 0 Å². The van der Waals surface area contributed by atoms with Crippen LogP contribution in [0.5, 0.6) is 0 Å². The number of hydrogen-bond donors (Lipinski definition) is 1. The van der Waals surface area contributed by atoms with Gasteiger partial charge in [0.15, 0.2) is 0 Å². The zero-order valence-electron chi connectivity index (χ0n) is 12.7. The monoisotopic (exact) mass is 322 g/mol. The first kappa shape index (κ1) is 16.3. The number of benzene rings is 1. The second kappa shape index (κ2) is 8.42. The summed E-state index contributed by atoms with van der Waals surface area (Å²) in [5.41, 5.74) is 2.53. The topological polar surface area (TPSA) is 15.3 Å². The normalized spacial score (nSPS) is 10.8. The van der Waals surface area contributed by atoms with E-state index >= 15 is 0 Å². The number of anilines is 1. The number of halogens is 1. The number of hydrogen-bond acceptors (Lipinski definition) is 3. The smallest absolute Gasteiger partial charge is 0.0426 e. The van der Waals surface area contributed by atoms with Gasteiger partial charge in [0.2, 0.25) is 0 Å². The molecule has 0 unspecified atom stereocenters. The maximum absolute atomic E-state index is 6.18. The van der Waals surface area contributed by atoms with E-state index in [1.54, 1.807) is 0 Å². The van der Waals surface area contributed by atoms with Crippen LogP contribution in [-0.4, -0.2) is 20.1 Å². The lowest BCUT2D eigenvalue weighted by Crippen LogP contribution is -2.23. The van der Waals surface area contributed by atoms with Gasteiger partial charge in [-0.1, -0.05) is 30.7 Å². The first-order valence-electron chi connectivity index (χ1n) is 7.43. The van der Waals surface area contributed by atoms with Gasteiger partial charge in [-0.2, -0.15) is 0 Å². The number of thiophene rings is 1. The van der Waals surface area contributed by atoms with E-state index in [-0.39, 0.29) is 0 Å². The molecule has 0 atom stereocenters. The highest BCUT2D eigenvalue weighted by molar-refractivity contribution is 7.09. The van der Waals surface area contributed by atoms with E-state index in [9.17, 15) is 0 Å². The third-order valence-corrected chi connectivity index (χ3v) is 4.65. The first-order chi connectivity index (χ1) is 10.2. The largest absolute Gasteiger partial charge is 0.374 e. The van der Waals surface area contributed by atoms with Crippen LogP contribution in [-0.2, 0) is 13.0 Å². The van der Waals surface area contributed by atoms with Gasteiger partial charge in [0.1, 0.15) is 0 Å². The molecule has 114 valence electrons. The molecule has 0 spiro atoms. The molecule has 1 N–H and O–H groups in total. The molecule has 0 saturated carbocycles. The molecule has 4 heteroatoms. The van der Waals surface area contributed by atoms with E-state index in [4.69, 9.17) is 11.6 Å². The van der Waals surface area contributed by atoms with Crippen molar-refractivity contribution in [3.63, 3.8) is 0 Å². The van der Waals surface area contributed by atoms with E-state index in [0.29, 0.717) is 0 Å². The lowest BCUT2D eigenvalue weighted by molar-refractivity contribution is 0.673. The van der Waals surface area contributed by atoms with Gasteiger partial charge >= 0.3 is 0 Å². The second-order valence-electron chi connectivity index (χ2n) is 5.20. The summed E-state index contributed by atoms with van der Waals surface area (Å²) in [5, 5.41) is 6.40. The molecule has 0 amide bonds. The van der Waals surface area contributed by atoms with Crippen LogP contribution in [0.1, 0.15) is 23.8 Å². The minimum absolute atomic E-state index is 0.798. The fourth-order valence-corrected chi connectivity index (χ4v) is 3.16. The van der Waals surface area contributed by atoms with Crippen LogP contribution in [0.4, 0.5) is 5.69 Å². The molecular formula is C17H23ClN2S. The maximum Gasteiger partial charge on any atom is 0.0426 e. The van der Waals surface area contributed by atoms with Crippen molar-refractivity contribution in [3.05, 3.63) is 51.2 Å². The van der Waals surface area contributed by atoms with Gasteiger partial charge in [-0.25, -0.2) is 0 Å². The number of rotatable bonds is 8. The summed E-state index contributed by atoms with van der Waals surface area (Å²) < 4.78 is 0. The van der Waals surface area contributed by atoms with E-state index in [0.717, 1.165) is 37.5 Å². The van der Waals surface area contributed by atoms with Crippen molar-refractivity contribution < 1.29 is 0 Å². The molecule has 21 heavy (non-hydrogen) atoms. The highest BCUT2D eigenvalue weighted by Crippen LogP contribution is 2.24. The van der Waals surface area contributed by atoms with E-state index in [2.05, 4.69) is 53.8 Å². The average Bonchev–Trinajstić information content (AvgIpc) is 3.00. The van der Waals surface area contributed by atoms with Gasteiger partial charge in [0, 0.05) is 35.7 Å². The fraction of sp³-hybridized carbons (Fsp3) is 0.412. The minimum atomic E-state index is 0.798. The van der Waals surface area contributed by atoms with Gasteiger partial charge in [0.05, 0.1) is 0 Å². The quantitative estimate of drug-likeness (QED) is 0.716. The predicted molar refractivity (Wildman–Crippen MR) is 94.7 cm³/mol. The molecule has 2 nitrogen and oxygen atoms in total. The molecule has 0 fully saturated rings. The molecule has 0 aliphatic carbocycles. The SMILES string of the molecule is CCCNCc1ccc(Cl)cc1N(C)CCc1cccs1. The van der Waals surface area contributed by atoms with Crippen molar-refractivity contribution in [2.24, 2.45) is 0 Å². The molecule has 2 rings (SSSR count). The van der Waals surface area contributed by atoms with E-state index in [1.807, 2.05) is 17.4 Å². The van der Waals surface area contributed by atoms with Gasteiger partial charge in [0.25, 0.3) is 0 Å². The van der Waals surface area contributed by atoms with Gasteiger partial charge in [-0.3, -0.25) is 0 Å². The van der Waals surface area contributed by atoms with Crippen LogP contribution in [0.15, 0.2) is 35.7 Å². The number of nitrogens with zero attached hydrogens (tertiary/aromatic N) is 1. The maximum atomic E-state index is 6.18. The molecule has 1 aromatic heterocycles. The Bertz CT molecular complexity index is 540. The fourth-order valence-electron chi connectivity index (χ4n) is 2.29. The number of nitrogens with one attached hydrogen (secondary N) is 1. The van der Waals surface area contributed by atoms with E-state index < -0.39 is 0 Å². The van der Waals surface area contributed by atoms with Crippen molar-refractivity contribution in [1.82, 2.24) is 5.32 Å². The molecule has 1 heterocycles. The Morgan fingerprint density at radius 2 is 2.14 bits per heavy atom. The molecule has 1 aromatic carbocycles. The molecule has 0 radical (unpaired) electrons. The van der Waals surface area contributed by atoms with Crippen molar-refractivity contribution >= 4 is 28.6 Å². The summed E-state index contributed by atoms with van der Waals surface area (Å²) in [4.78, 5) is 3.73. The summed E-state index contributed by atoms with van der Waals surface area (Å²) in [7, 11) is 2.14. The zero-order valence-corrected chi connectivity index (χ0v) is 14.3. The molecular weight excluding hydrogens is 300 g/mol. The Hall–Kier alpha value is -1.03. The average molecular weight is 323 g/mol. The third-order valence-electron chi connectivity index (χ3n) is 3.47. The summed E-state index contributed by atoms with van der Waals surface area (Å²) in [6.07, 6.45) is 2.22. The Kier molecular flexibility index (Phi) is 6.55. The van der Waals surface area contributed by atoms with Crippen LogP contribution in [0.3, 0.4) is 0 Å². The Balaban J connectivity index is 2.03. The van der Waals surface area contributed by atoms with E-state index in [1.165, 1.54) is 16.1 Å². The van der Waals surface area contributed by atoms with Crippen LogP contribution in [0.2, 0.25) is 5.02 Å². The lowest BCUT2D eigenvalue weighted by Gasteiger charge is -2.23. The van der Waals surface area contributed by atoms with Crippen molar-refractivity contribution in [3.8, 4) is 0 Å². The van der Waals surface area contributed by atoms with Gasteiger partial charge < -0.3 is 10.2 Å². The molecule has 0 saturated heterocycles. The van der Waals surface area contributed by atoms with Crippen molar-refractivity contribution in [2.45, 2.75) is 26.3 Å². The van der Waals surface area contributed by atoms with Crippen LogP contribution < -0.4 is 10.2 Å². The highest BCUT2D eigenvalue weighted by Gasteiger charge is 2.09. The minimum Gasteiger partial charge on any atom is -0.374 e. The molecule has 2 aromatic rings. The molecule has 0 aliphatic heterocycles. The van der Waals surface area contributed by atoms with Crippen molar-refractivity contribution in [2.75, 3.05) is 25.0 Å². The number of likely N-dealkylation sites (N-methyl/N-ethyl adjacent to an activating group) is 1. The Morgan fingerprint density at radius 1 is 1.29 bits per heavy atom. The summed E-state index contributed by atoms with van der Waals surface area (Å²) in [6.45, 7) is 5.12. The molecule has 0 aliphatic rings. The summed E-state index contributed by atoms with van der Waals surface area (Å²) in [5.74, 6) is 0. The predicted octanol–water partition coefficient (Wildman–Crippen LogP) is 4.58. The Morgan fingerprint density at radius 3 is 2.86 bits per heavy atom. The van der Waals surface area contributed by atoms with Crippen molar-refractivity contribution in [1.29, 1.82) is 0 Å². The highest BCUT2D eigenvalue weighted by atomic mass is 35.5. The Labute approximate surface area is 136 Å². The molecule has 0 bridgehead atoms.